The van der Waals surface area contributed by atoms with Gasteiger partial charge in [-0.2, -0.15) is 0 Å². The fourth-order valence-electron chi connectivity index (χ4n) is 0.622. The van der Waals surface area contributed by atoms with E-state index in [1.807, 2.05) is 0 Å². The first kappa shape index (κ1) is 8.97. The second-order valence-electron chi connectivity index (χ2n) is 1.99. The Kier molecular flexibility index (Phi) is 3.15. The van der Waals surface area contributed by atoms with Gasteiger partial charge in [0.1, 0.15) is 0 Å². The molecule has 0 radical (unpaired) electrons. The summed E-state index contributed by atoms with van der Waals surface area (Å²) < 4.78 is 3.38. The average molecular weight is 345 g/mol. The van der Waals surface area contributed by atoms with Crippen LogP contribution in [0.4, 0.5) is 0 Å². The minimum Gasteiger partial charge on any atom is -0.0617 e. The van der Waals surface area contributed by atoms with E-state index in [1.165, 1.54) is 9.66 Å². The molecule has 0 aliphatic rings. The Hall–Kier alpha value is 0.877. The van der Waals surface area contributed by atoms with Crippen LogP contribution in [0.25, 0.3) is 0 Å². The van der Waals surface area contributed by atoms with Crippen molar-refractivity contribution in [2.24, 2.45) is 0 Å². The third-order valence-electron chi connectivity index (χ3n) is 1.23. The van der Waals surface area contributed by atoms with Gasteiger partial charge in [0, 0.05) is 23.7 Å². The Bertz CT molecular complexity index is 232. The monoisotopic (exact) mass is 342 g/mol. The standard InChI is InChI=1S/C6H5Br3Si/c7-3-1-2-4(10)6(9)5(3)8/h1-2H,10H3. The summed E-state index contributed by atoms with van der Waals surface area (Å²) in [5, 5.41) is 1.37. The quantitative estimate of drug-likeness (QED) is 0.498. The summed E-state index contributed by atoms with van der Waals surface area (Å²) in [6.07, 6.45) is 0. The summed E-state index contributed by atoms with van der Waals surface area (Å²) in [5.41, 5.74) is 0. The molecule has 0 aromatic heterocycles. The van der Waals surface area contributed by atoms with E-state index in [4.69, 9.17) is 0 Å². The van der Waals surface area contributed by atoms with Crippen LogP contribution in [0, 0.1) is 0 Å². The largest absolute Gasteiger partial charge is 0.0617 e. The van der Waals surface area contributed by atoms with Gasteiger partial charge in [0.25, 0.3) is 0 Å². The summed E-state index contributed by atoms with van der Waals surface area (Å²) in [4.78, 5) is 0. The van der Waals surface area contributed by atoms with Crippen LogP contribution in [0.1, 0.15) is 0 Å². The second kappa shape index (κ2) is 3.52. The van der Waals surface area contributed by atoms with E-state index in [2.05, 4.69) is 59.9 Å². The van der Waals surface area contributed by atoms with Crippen molar-refractivity contribution in [3.63, 3.8) is 0 Å². The fraction of sp³-hybridized carbons (Fsp3) is 0. The van der Waals surface area contributed by atoms with Gasteiger partial charge >= 0.3 is 0 Å². The summed E-state index contributed by atoms with van der Waals surface area (Å²) in [7, 11) is 1.07. The molecular formula is C6H5Br3Si. The van der Waals surface area contributed by atoms with Crippen molar-refractivity contribution in [1.82, 2.24) is 0 Å². The maximum atomic E-state index is 3.49. The Morgan fingerprint density at radius 1 is 1.00 bits per heavy atom. The van der Waals surface area contributed by atoms with Crippen molar-refractivity contribution in [1.29, 1.82) is 0 Å². The molecule has 0 fully saturated rings. The molecule has 0 saturated heterocycles. The van der Waals surface area contributed by atoms with Gasteiger partial charge in [-0.05, 0) is 53.9 Å². The average Bonchev–Trinajstić information content (AvgIpc) is 1.93. The van der Waals surface area contributed by atoms with Crippen LogP contribution in [-0.4, -0.2) is 10.2 Å². The van der Waals surface area contributed by atoms with Crippen LogP contribution in [-0.2, 0) is 0 Å². The summed E-state index contributed by atoms with van der Waals surface area (Å²) >= 11 is 10.4. The molecule has 0 unspecified atom stereocenters. The maximum absolute atomic E-state index is 3.49. The Morgan fingerprint density at radius 3 is 2.10 bits per heavy atom. The molecule has 0 heterocycles. The van der Waals surface area contributed by atoms with E-state index in [0.717, 1.165) is 19.2 Å². The van der Waals surface area contributed by atoms with Gasteiger partial charge in [0.05, 0.1) is 0 Å². The predicted molar refractivity (Wildman–Crippen MR) is 59.1 cm³/mol. The summed E-state index contributed by atoms with van der Waals surface area (Å²) in [6, 6.07) is 4.17. The van der Waals surface area contributed by atoms with Crippen LogP contribution in [0.3, 0.4) is 0 Å². The van der Waals surface area contributed by atoms with Crippen LogP contribution >= 0.6 is 47.8 Å². The van der Waals surface area contributed by atoms with Crippen molar-refractivity contribution in [3.8, 4) is 0 Å². The minimum absolute atomic E-state index is 1.07. The van der Waals surface area contributed by atoms with Gasteiger partial charge in [-0.1, -0.05) is 11.3 Å². The zero-order valence-electron chi connectivity index (χ0n) is 5.29. The third kappa shape index (κ3) is 1.72. The van der Waals surface area contributed by atoms with Crippen molar-refractivity contribution >= 4 is 63.2 Å². The van der Waals surface area contributed by atoms with Crippen molar-refractivity contribution < 1.29 is 0 Å². The lowest BCUT2D eigenvalue weighted by molar-refractivity contribution is 1.58. The van der Waals surface area contributed by atoms with Crippen LogP contribution in [0.15, 0.2) is 25.6 Å². The van der Waals surface area contributed by atoms with Crippen LogP contribution in [0.5, 0.6) is 0 Å². The molecule has 1 aromatic carbocycles. The van der Waals surface area contributed by atoms with Gasteiger partial charge in [-0.25, -0.2) is 0 Å². The smallest absolute Gasteiger partial charge is 0.0457 e. The highest BCUT2D eigenvalue weighted by atomic mass is 79.9. The molecule has 0 aliphatic heterocycles. The molecule has 1 aromatic rings. The van der Waals surface area contributed by atoms with E-state index >= 15 is 0 Å². The first-order valence-corrected chi connectivity index (χ1v) is 6.11. The molecular weight excluding hydrogens is 340 g/mol. The highest BCUT2D eigenvalue weighted by molar-refractivity contribution is 9.14. The first-order valence-electron chi connectivity index (χ1n) is 2.73. The van der Waals surface area contributed by atoms with E-state index in [9.17, 15) is 0 Å². The number of halogens is 3. The molecule has 0 atom stereocenters. The molecule has 54 valence electrons. The zero-order valence-corrected chi connectivity index (χ0v) is 12.0. The number of hydrogen-bond donors (Lipinski definition) is 0. The number of benzene rings is 1. The summed E-state index contributed by atoms with van der Waals surface area (Å²) in [5.74, 6) is 0. The highest BCUT2D eigenvalue weighted by Gasteiger charge is 2.02. The zero-order chi connectivity index (χ0) is 7.72. The van der Waals surface area contributed by atoms with Crippen LogP contribution < -0.4 is 5.19 Å². The SMILES string of the molecule is [SiH3]c1ccc(Br)c(Br)c1Br. The Balaban J connectivity index is 3.34. The van der Waals surface area contributed by atoms with Gasteiger partial charge in [-0.3, -0.25) is 0 Å². The molecule has 0 N–H and O–H groups in total. The Labute approximate surface area is 88.2 Å². The molecule has 0 aliphatic carbocycles. The summed E-state index contributed by atoms with van der Waals surface area (Å²) in [6.45, 7) is 0. The lowest BCUT2D eigenvalue weighted by Gasteiger charge is -2.01. The van der Waals surface area contributed by atoms with Crippen molar-refractivity contribution in [2.45, 2.75) is 0 Å². The second-order valence-corrected chi connectivity index (χ2v) is 5.51. The molecule has 0 saturated carbocycles. The molecule has 0 spiro atoms. The predicted octanol–water partition coefficient (Wildman–Crippen LogP) is 1.96. The van der Waals surface area contributed by atoms with Gasteiger partial charge < -0.3 is 0 Å². The molecule has 0 amide bonds. The maximum Gasteiger partial charge on any atom is 0.0457 e. The first-order chi connectivity index (χ1) is 4.63. The number of rotatable bonds is 0. The molecule has 0 bridgehead atoms. The molecule has 4 heteroatoms. The van der Waals surface area contributed by atoms with Crippen molar-refractivity contribution in [3.05, 3.63) is 25.6 Å². The molecule has 10 heavy (non-hydrogen) atoms. The number of hydrogen-bond acceptors (Lipinski definition) is 0. The highest BCUT2D eigenvalue weighted by Crippen LogP contribution is 2.28. The van der Waals surface area contributed by atoms with Gasteiger partial charge in [0.2, 0.25) is 0 Å². The molecule has 0 nitrogen and oxygen atoms in total. The van der Waals surface area contributed by atoms with E-state index in [1.54, 1.807) is 0 Å². The van der Waals surface area contributed by atoms with Crippen molar-refractivity contribution in [2.75, 3.05) is 0 Å². The topological polar surface area (TPSA) is 0 Å². The Morgan fingerprint density at radius 2 is 1.60 bits per heavy atom. The van der Waals surface area contributed by atoms with Crippen LogP contribution in [0.2, 0.25) is 0 Å². The van der Waals surface area contributed by atoms with Gasteiger partial charge in [0.15, 0.2) is 0 Å². The lowest BCUT2D eigenvalue weighted by atomic mass is 10.4. The fourth-order valence-corrected chi connectivity index (χ4v) is 2.79. The van der Waals surface area contributed by atoms with Gasteiger partial charge in [-0.15, -0.1) is 0 Å². The molecule has 1 rings (SSSR count). The minimum atomic E-state index is 1.07. The van der Waals surface area contributed by atoms with E-state index in [0.29, 0.717) is 0 Å². The third-order valence-corrected chi connectivity index (χ3v) is 6.36. The van der Waals surface area contributed by atoms with E-state index in [-0.39, 0.29) is 0 Å². The normalized spacial score (nSPS) is 10.3. The lowest BCUT2D eigenvalue weighted by Crippen LogP contribution is -2.03. The van der Waals surface area contributed by atoms with E-state index < -0.39 is 0 Å².